The first-order chi connectivity index (χ1) is 13.1. The zero-order chi connectivity index (χ0) is 18.8. The summed E-state index contributed by atoms with van der Waals surface area (Å²) in [5.74, 6) is 1.69. The summed E-state index contributed by atoms with van der Waals surface area (Å²) in [4.78, 5) is 11.3. The highest BCUT2D eigenvalue weighted by Crippen LogP contribution is 2.38. The van der Waals surface area contributed by atoms with Crippen molar-refractivity contribution in [2.24, 2.45) is 11.7 Å². The predicted molar refractivity (Wildman–Crippen MR) is 105 cm³/mol. The van der Waals surface area contributed by atoms with Gasteiger partial charge >= 0.3 is 0 Å². The molecule has 0 saturated heterocycles. The lowest BCUT2D eigenvalue weighted by Crippen LogP contribution is -2.31. The van der Waals surface area contributed by atoms with Crippen molar-refractivity contribution < 1.29 is 14.3 Å². The van der Waals surface area contributed by atoms with Gasteiger partial charge in [-0.15, -0.1) is 0 Å². The van der Waals surface area contributed by atoms with Crippen LogP contribution in [0.1, 0.15) is 54.9 Å². The smallest absolute Gasteiger partial charge is 0.220 e. The molecule has 2 aliphatic rings. The Kier molecular flexibility index (Phi) is 5.06. The number of nitrogens with two attached hydrogens (primary N) is 1. The lowest BCUT2D eigenvalue weighted by Gasteiger charge is -2.29. The first-order valence-electron chi connectivity index (χ1n) is 9.91. The van der Waals surface area contributed by atoms with Crippen molar-refractivity contribution in [2.45, 2.75) is 57.7 Å². The van der Waals surface area contributed by atoms with Crippen LogP contribution in [0.25, 0.3) is 0 Å². The molecular weight excluding hydrogens is 338 g/mol. The molecule has 1 heterocycles. The molecule has 0 radical (unpaired) electrons. The summed E-state index contributed by atoms with van der Waals surface area (Å²) in [6.07, 6.45) is 5.67. The van der Waals surface area contributed by atoms with Crippen molar-refractivity contribution in [3.8, 4) is 11.5 Å². The number of rotatable bonds is 4. The number of carbonyl (C=O) groups is 1. The molecule has 0 bridgehead atoms. The summed E-state index contributed by atoms with van der Waals surface area (Å²) < 4.78 is 12.4. The molecule has 2 aromatic carbocycles. The second-order valence-electron chi connectivity index (χ2n) is 7.77. The van der Waals surface area contributed by atoms with Crippen molar-refractivity contribution in [1.29, 1.82) is 0 Å². The number of ether oxygens (including phenoxy) is 2. The van der Waals surface area contributed by atoms with E-state index in [4.69, 9.17) is 15.2 Å². The summed E-state index contributed by atoms with van der Waals surface area (Å²) in [5, 5.41) is 0. The molecule has 1 aliphatic heterocycles. The highest BCUT2D eigenvalue weighted by molar-refractivity contribution is 5.76. The second-order valence-corrected chi connectivity index (χ2v) is 7.77. The largest absolute Gasteiger partial charge is 0.490 e. The summed E-state index contributed by atoms with van der Waals surface area (Å²) in [5.41, 5.74) is 9.17. The predicted octanol–water partition coefficient (Wildman–Crippen LogP) is 4.48. The second kappa shape index (κ2) is 7.63. The van der Waals surface area contributed by atoms with E-state index in [-0.39, 0.29) is 24.0 Å². The molecular formula is C23H27NO3. The fourth-order valence-corrected chi connectivity index (χ4v) is 4.26. The van der Waals surface area contributed by atoms with Crippen LogP contribution in [0.15, 0.2) is 42.5 Å². The Morgan fingerprint density at radius 2 is 1.85 bits per heavy atom. The minimum absolute atomic E-state index is 0.0140. The molecule has 1 atom stereocenters. The van der Waals surface area contributed by atoms with Gasteiger partial charge in [-0.25, -0.2) is 0 Å². The zero-order valence-corrected chi connectivity index (χ0v) is 15.8. The lowest BCUT2D eigenvalue weighted by molar-refractivity contribution is -0.123. The third kappa shape index (κ3) is 3.95. The number of aryl methyl sites for hydroxylation is 2. The first-order valence-corrected chi connectivity index (χ1v) is 9.91. The third-order valence-electron chi connectivity index (χ3n) is 5.89. The maximum atomic E-state index is 11.3. The van der Waals surface area contributed by atoms with E-state index in [0.29, 0.717) is 0 Å². The van der Waals surface area contributed by atoms with Crippen molar-refractivity contribution >= 4 is 5.91 Å². The molecule has 142 valence electrons. The van der Waals surface area contributed by atoms with Gasteiger partial charge in [-0.3, -0.25) is 4.79 Å². The molecule has 4 rings (SSSR count). The van der Waals surface area contributed by atoms with E-state index in [1.165, 1.54) is 16.7 Å². The maximum absolute atomic E-state index is 11.3. The van der Waals surface area contributed by atoms with Gasteiger partial charge in [0.15, 0.2) is 0 Å². The van der Waals surface area contributed by atoms with Crippen LogP contribution in [0.3, 0.4) is 0 Å². The molecule has 0 spiro atoms. The fourth-order valence-electron chi connectivity index (χ4n) is 4.26. The summed E-state index contributed by atoms with van der Waals surface area (Å²) in [6.45, 7) is 2.14. The van der Waals surface area contributed by atoms with E-state index in [1.807, 2.05) is 12.1 Å². The van der Waals surface area contributed by atoms with Crippen molar-refractivity contribution in [3.63, 3.8) is 0 Å². The van der Waals surface area contributed by atoms with Crippen molar-refractivity contribution in [1.82, 2.24) is 0 Å². The van der Waals surface area contributed by atoms with Crippen LogP contribution in [-0.4, -0.2) is 12.0 Å². The fraction of sp³-hybridized carbons (Fsp3) is 0.435. The number of carbonyl (C=O) groups excluding carboxylic acids is 1. The number of amides is 1. The van der Waals surface area contributed by atoms with Gasteiger partial charge in [0.2, 0.25) is 5.91 Å². The Balaban J connectivity index is 1.41. The number of hydrogen-bond donors (Lipinski definition) is 1. The van der Waals surface area contributed by atoms with Crippen LogP contribution < -0.4 is 15.2 Å². The third-order valence-corrected chi connectivity index (χ3v) is 5.89. The van der Waals surface area contributed by atoms with Gasteiger partial charge in [0.25, 0.3) is 0 Å². The average Bonchev–Trinajstić information content (AvgIpc) is 2.68. The van der Waals surface area contributed by atoms with Crippen LogP contribution in [0, 0.1) is 12.8 Å². The standard InChI is InChI=1S/C23H27NO3/c1-15-4-2-3-5-20(15)22-12-8-17-14-19(11-13-21(17)27-22)26-18-9-6-16(7-10-18)23(24)25/h2-5,11,13-14,16,18,22H,6-10,12H2,1H3,(H2,24,25)/t16?,18?,22-/m0/s1. The molecule has 0 aromatic heterocycles. The van der Waals surface area contributed by atoms with Crippen LogP contribution in [0.4, 0.5) is 0 Å². The summed E-state index contributed by atoms with van der Waals surface area (Å²) in [7, 11) is 0. The highest BCUT2D eigenvalue weighted by Gasteiger charge is 2.27. The molecule has 4 nitrogen and oxygen atoms in total. The molecule has 2 aromatic rings. The molecule has 1 amide bonds. The monoisotopic (exact) mass is 365 g/mol. The number of hydrogen-bond acceptors (Lipinski definition) is 3. The van der Waals surface area contributed by atoms with Gasteiger partial charge in [-0.05, 0) is 80.3 Å². The lowest BCUT2D eigenvalue weighted by atomic mass is 9.87. The van der Waals surface area contributed by atoms with Crippen molar-refractivity contribution in [2.75, 3.05) is 0 Å². The molecule has 2 N–H and O–H groups in total. The number of primary amides is 1. The molecule has 27 heavy (non-hydrogen) atoms. The van der Waals surface area contributed by atoms with Gasteiger partial charge in [-0.1, -0.05) is 24.3 Å². The van der Waals surface area contributed by atoms with E-state index < -0.39 is 0 Å². The normalized spacial score (nSPS) is 24.6. The topological polar surface area (TPSA) is 61.5 Å². The number of fused-ring (bicyclic) bond motifs is 1. The van der Waals surface area contributed by atoms with Crippen molar-refractivity contribution in [3.05, 3.63) is 59.2 Å². The van der Waals surface area contributed by atoms with E-state index in [9.17, 15) is 4.79 Å². The quantitative estimate of drug-likeness (QED) is 0.869. The molecule has 1 saturated carbocycles. The molecule has 4 heteroatoms. The van der Waals surface area contributed by atoms with Crippen LogP contribution in [-0.2, 0) is 11.2 Å². The van der Waals surface area contributed by atoms with E-state index in [1.54, 1.807) is 0 Å². The van der Waals surface area contributed by atoms with Crippen LogP contribution in [0.2, 0.25) is 0 Å². The minimum Gasteiger partial charge on any atom is -0.490 e. The Morgan fingerprint density at radius 1 is 1.07 bits per heavy atom. The van der Waals surface area contributed by atoms with E-state index in [0.717, 1.165) is 50.0 Å². The maximum Gasteiger partial charge on any atom is 0.220 e. The summed E-state index contributed by atoms with van der Waals surface area (Å²) in [6, 6.07) is 14.6. The Morgan fingerprint density at radius 3 is 2.59 bits per heavy atom. The molecule has 0 unspecified atom stereocenters. The van der Waals surface area contributed by atoms with E-state index in [2.05, 4.69) is 37.3 Å². The average molecular weight is 365 g/mol. The Bertz CT molecular complexity index is 824. The van der Waals surface area contributed by atoms with Gasteiger partial charge in [0, 0.05) is 5.92 Å². The van der Waals surface area contributed by atoms with E-state index >= 15 is 0 Å². The van der Waals surface area contributed by atoms with Gasteiger partial charge in [-0.2, -0.15) is 0 Å². The van der Waals surface area contributed by atoms with Gasteiger partial charge in [0.1, 0.15) is 17.6 Å². The minimum atomic E-state index is -0.178. The Hall–Kier alpha value is -2.49. The Labute approximate surface area is 160 Å². The zero-order valence-electron chi connectivity index (χ0n) is 15.8. The SMILES string of the molecule is Cc1ccccc1[C@@H]1CCc2cc(OC3CCC(C(N)=O)CC3)ccc2O1. The summed E-state index contributed by atoms with van der Waals surface area (Å²) >= 11 is 0. The van der Waals surface area contributed by atoms with Crippen LogP contribution in [0.5, 0.6) is 11.5 Å². The van der Waals surface area contributed by atoms with Gasteiger partial charge < -0.3 is 15.2 Å². The molecule has 1 aliphatic carbocycles. The van der Waals surface area contributed by atoms with Crippen LogP contribution >= 0.6 is 0 Å². The first kappa shape index (κ1) is 17.9. The highest BCUT2D eigenvalue weighted by atomic mass is 16.5. The molecule has 1 fully saturated rings. The van der Waals surface area contributed by atoms with Gasteiger partial charge in [0.05, 0.1) is 6.10 Å². The number of benzene rings is 2.